The highest BCUT2D eigenvalue weighted by Gasteiger charge is 2.08. The molecule has 0 aromatic rings. The fraction of sp³-hybridized carbons (Fsp3) is 1.00. The molecule has 86 valence electrons. The molecule has 4 nitrogen and oxygen atoms in total. The summed E-state index contributed by atoms with van der Waals surface area (Å²) in [5.74, 6) is 0. The third-order valence-electron chi connectivity index (χ3n) is 1.47. The highest BCUT2D eigenvalue weighted by Crippen LogP contribution is 2.04. The fourth-order valence-corrected chi connectivity index (χ4v) is 0.865. The molecule has 0 aromatic carbocycles. The van der Waals surface area contributed by atoms with Crippen LogP contribution < -0.4 is 5.32 Å². The van der Waals surface area contributed by atoms with E-state index in [0.29, 0.717) is 19.8 Å². The Morgan fingerprint density at radius 3 is 2.29 bits per heavy atom. The third-order valence-corrected chi connectivity index (χ3v) is 1.47. The molecule has 0 amide bonds. The molecule has 0 bridgehead atoms. The first kappa shape index (κ1) is 13.8. The van der Waals surface area contributed by atoms with Crippen molar-refractivity contribution in [1.29, 1.82) is 0 Å². The van der Waals surface area contributed by atoms with E-state index in [0.717, 1.165) is 13.1 Å². The summed E-state index contributed by atoms with van der Waals surface area (Å²) in [6.07, 6.45) is 0. The largest absolute Gasteiger partial charge is 0.394 e. The second-order valence-electron chi connectivity index (χ2n) is 4.05. The summed E-state index contributed by atoms with van der Waals surface area (Å²) in [6, 6.07) is 0. The lowest BCUT2D eigenvalue weighted by molar-refractivity contribution is -0.00146. The Kier molecular flexibility index (Phi) is 8.08. The van der Waals surface area contributed by atoms with Crippen molar-refractivity contribution in [3.05, 3.63) is 0 Å². The van der Waals surface area contributed by atoms with Crippen LogP contribution in [0.25, 0.3) is 0 Å². The minimum atomic E-state index is -0.0604. The maximum absolute atomic E-state index is 8.43. The molecule has 0 fully saturated rings. The molecule has 14 heavy (non-hydrogen) atoms. The summed E-state index contributed by atoms with van der Waals surface area (Å²) >= 11 is 0. The lowest BCUT2D eigenvalue weighted by atomic mass is 10.2. The Hall–Kier alpha value is -0.160. The number of rotatable bonds is 8. The van der Waals surface area contributed by atoms with Gasteiger partial charge in [-0.1, -0.05) is 0 Å². The van der Waals surface area contributed by atoms with Gasteiger partial charge in [-0.25, -0.2) is 0 Å². The Morgan fingerprint density at radius 2 is 1.71 bits per heavy atom. The smallest absolute Gasteiger partial charge is 0.0698 e. The van der Waals surface area contributed by atoms with Crippen molar-refractivity contribution in [1.82, 2.24) is 5.32 Å². The second kappa shape index (κ2) is 8.17. The zero-order valence-electron chi connectivity index (χ0n) is 9.51. The van der Waals surface area contributed by atoms with Gasteiger partial charge in [-0.3, -0.25) is 0 Å². The lowest BCUT2D eigenvalue weighted by Crippen LogP contribution is -2.28. The number of aliphatic hydroxyl groups excluding tert-OH is 1. The summed E-state index contributed by atoms with van der Waals surface area (Å²) in [5, 5.41) is 11.6. The van der Waals surface area contributed by atoms with Crippen molar-refractivity contribution >= 4 is 0 Å². The highest BCUT2D eigenvalue weighted by molar-refractivity contribution is 4.59. The Labute approximate surface area is 86.6 Å². The van der Waals surface area contributed by atoms with E-state index in [4.69, 9.17) is 14.6 Å². The van der Waals surface area contributed by atoms with Crippen molar-refractivity contribution in [2.45, 2.75) is 26.4 Å². The maximum Gasteiger partial charge on any atom is 0.0698 e. The molecule has 0 radical (unpaired) electrons. The molecule has 0 unspecified atom stereocenters. The molecule has 0 aliphatic rings. The molecule has 0 aromatic heterocycles. The van der Waals surface area contributed by atoms with E-state index in [1.165, 1.54) is 0 Å². The topological polar surface area (TPSA) is 50.7 Å². The molecule has 0 spiro atoms. The molecular formula is C10H23NO3. The van der Waals surface area contributed by atoms with Crippen molar-refractivity contribution < 1.29 is 14.6 Å². The lowest BCUT2D eigenvalue weighted by Gasteiger charge is -2.19. The SMILES string of the molecule is CC(C)(C)OCCNCCOCCO. The highest BCUT2D eigenvalue weighted by atomic mass is 16.5. The summed E-state index contributed by atoms with van der Waals surface area (Å²) < 4.78 is 10.6. The quantitative estimate of drug-likeness (QED) is 0.563. The number of aliphatic hydroxyl groups is 1. The summed E-state index contributed by atoms with van der Waals surface area (Å²) in [4.78, 5) is 0. The van der Waals surface area contributed by atoms with Crippen LogP contribution in [0.15, 0.2) is 0 Å². The minimum Gasteiger partial charge on any atom is -0.394 e. The molecule has 0 rings (SSSR count). The van der Waals surface area contributed by atoms with E-state index < -0.39 is 0 Å². The second-order valence-corrected chi connectivity index (χ2v) is 4.05. The van der Waals surface area contributed by atoms with Crippen molar-refractivity contribution in [3.8, 4) is 0 Å². The van der Waals surface area contributed by atoms with Gasteiger partial charge in [-0.15, -0.1) is 0 Å². The molecule has 2 N–H and O–H groups in total. The van der Waals surface area contributed by atoms with E-state index >= 15 is 0 Å². The molecule has 0 aliphatic heterocycles. The van der Waals surface area contributed by atoms with Gasteiger partial charge < -0.3 is 19.9 Å². The van der Waals surface area contributed by atoms with E-state index in [2.05, 4.69) is 5.32 Å². The zero-order chi connectivity index (χ0) is 10.9. The van der Waals surface area contributed by atoms with Crippen molar-refractivity contribution in [2.24, 2.45) is 0 Å². The van der Waals surface area contributed by atoms with E-state index in [1.807, 2.05) is 20.8 Å². The Balaban J connectivity index is 2.99. The number of hydrogen-bond donors (Lipinski definition) is 2. The molecule has 0 saturated heterocycles. The minimum absolute atomic E-state index is 0.0604. The number of nitrogens with one attached hydrogen (secondary N) is 1. The first-order chi connectivity index (χ1) is 6.56. The average Bonchev–Trinajstić information content (AvgIpc) is 2.08. The first-order valence-corrected chi connectivity index (χ1v) is 5.09. The molecule has 0 atom stereocenters. The predicted octanol–water partition coefficient (Wildman–Crippen LogP) is 0.400. The van der Waals surface area contributed by atoms with Crippen LogP contribution in [0, 0.1) is 0 Å². The first-order valence-electron chi connectivity index (χ1n) is 5.09. The van der Waals surface area contributed by atoms with Gasteiger partial charge in [0.05, 0.1) is 32.0 Å². The van der Waals surface area contributed by atoms with E-state index in [9.17, 15) is 0 Å². The Bertz CT molecular complexity index is 123. The molecule has 0 heterocycles. The fourth-order valence-electron chi connectivity index (χ4n) is 0.865. The molecule has 4 heteroatoms. The summed E-state index contributed by atoms with van der Waals surface area (Å²) in [7, 11) is 0. The predicted molar refractivity (Wildman–Crippen MR) is 56.5 cm³/mol. The van der Waals surface area contributed by atoms with Gasteiger partial charge in [0.1, 0.15) is 0 Å². The standard InChI is InChI=1S/C10H23NO3/c1-10(2,3)14-8-5-11-4-7-13-9-6-12/h11-12H,4-9H2,1-3H3. The van der Waals surface area contributed by atoms with Crippen LogP contribution in [-0.2, 0) is 9.47 Å². The van der Waals surface area contributed by atoms with Gasteiger partial charge in [0.15, 0.2) is 0 Å². The molecule has 0 aliphatic carbocycles. The van der Waals surface area contributed by atoms with Crippen LogP contribution in [0.1, 0.15) is 20.8 Å². The van der Waals surface area contributed by atoms with Gasteiger partial charge in [-0.2, -0.15) is 0 Å². The summed E-state index contributed by atoms with van der Waals surface area (Å²) in [6.45, 7) is 9.60. The Morgan fingerprint density at radius 1 is 1.07 bits per heavy atom. The number of ether oxygens (including phenoxy) is 2. The van der Waals surface area contributed by atoms with Crippen LogP contribution in [0.5, 0.6) is 0 Å². The van der Waals surface area contributed by atoms with E-state index in [-0.39, 0.29) is 12.2 Å². The third kappa shape index (κ3) is 11.8. The van der Waals surface area contributed by atoms with Crippen LogP contribution in [0.2, 0.25) is 0 Å². The zero-order valence-corrected chi connectivity index (χ0v) is 9.51. The van der Waals surface area contributed by atoms with E-state index in [1.54, 1.807) is 0 Å². The number of hydrogen-bond acceptors (Lipinski definition) is 4. The van der Waals surface area contributed by atoms with Crippen LogP contribution in [-0.4, -0.2) is 50.2 Å². The maximum atomic E-state index is 8.43. The van der Waals surface area contributed by atoms with Gasteiger partial charge in [0, 0.05) is 13.1 Å². The van der Waals surface area contributed by atoms with Gasteiger partial charge in [0.2, 0.25) is 0 Å². The monoisotopic (exact) mass is 205 g/mol. The van der Waals surface area contributed by atoms with Gasteiger partial charge in [0.25, 0.3) is 0 Å². The molecule has 0 saturated carbocycles. The van der Waals surface area contributed by atoms with Crippen LogP contribution in [0.4, 0.5) is 0 Å². The summed E-state index contributed by atoms with van der Waals surface area (Å²) in [5.41, 5.74) is -0.0604. The molecular weight excluding hydrogens is 182 g/mol. The average molecular weight is 205 g/mol. The van der Waals surface area contributed by atoms with Gasteiger partial charge >= 0.3 is 0 Å². The van der Waals surface area contributed by atoms with Gasteiger partial charge in [-0.05, 0) is 20.8 Å². The normalized spacial score (nSPS) is 12.0. The van der Waals surface area contributed by atoms with Crippen molar-refractivity contribution in [2.75, 3.05) is 39.5 Å². The van der Waals surface area contributed by atoms with Crippen LogP contribution in [0.3, 0.4) is 0 Å². The van der Waals surface area contributed by atoms with Crippen LogP contribution >= 0.6 is 0 Å². The van der Waals surface area contributed by atoms with Crippen molar-refractivity contribution in [3.63, 3.8) is 0 Å².